The molecular weight excluding hydrogens is 276 g/mol. The zero-order chi connectivity index (χ0) is 15.7. The summed E-state index contributed by atoms with van der Waals surface area (Å²) in [6.45, 7) is 3.95. The van der Waals surface area contributed by atoms with E-state index in [4.69, 9.17) is 0 Å². The molecule has 3 rings (SSSR count). The topological polar surface area (TPSA) is 58.0 Å². The SMILES string of the molecule is Cc1ccc(-c2nn(-c3ccccc3)cc2C(=O)[O-])c(C)c1. The van der Waals surface area contributed by atoms with Gasteiger partial charge in [0.15, 0.2) is 0 Å². The number of benzene rings is 2. The van der Waals surface area contributed by atoms with Crippen molar-refractivity contribution in [1.82, 2.24) is 9.78 Å². The summed E-state index contributed by atoms with van der Waals surface area (Å²) in [5, 5.41) is 15.9. The van der Waals surface area contributed by atoms with Gasteiger partial charge in [0, 0.05) is 17.3 Å². The molecule has 0 bridgehead atoms. The van der Waals surface area contributed by atoms with E-state index in [-0.39, 0.29) is 5.56 Å². The Hall–Kier alpha value is -2.88. The van der Waals surface area contributed by atoms with E-state index in [0.29, 0.717) is 5.69 Å². The minimum absolute atomic E-state index is 0.0933. The van der Waals surface area contributed by atoms with Crippen molar-refractivity contribution in [2.24, 2.45) is 0 Å². The lowest BCUT2D eigenvalue weighted by Gasteiger charge is -2.07. The van der Waals surface area contributed by atoms with Gasteiger partial charge in [-0.25, -0.2) is 4.68 Å². The van der Waals surface area contributed by atoms with Gasteiger partial charge in [-0.1, -0.05) is 42.0 Å². The summed E-state index contributed by atoms with van der Waals surface area (Å²) in [5.74, 6) is -1.22. The lowest BCUT2D eigenvalue weighted by molar-refractivity contribution is -0.254. The molecule has 0 N–H and O–H groups in total. The van der Waals surface area contributed by atoms with Gasteiger partial charge in [0.05, 0.1) is 11.7 Å². The Bertz CT molecular complexity index is 836. The average molecular weight is 291 g/mol. The number of carboxylic acid groups (broad SMARTS) is 1. The van der Waals surface area contributed by atoms with Crippen molar-refractivity contribution >= 4 is 5.97 Å². The first-order chi connectivity index (χ1) is 10.6. The molecule has 0 atom stereocenters. The Morgan fingerprint density at radius 2 is 1.82 bits per heavy atom. The van der Waals surface area contributed by atoms with E-state index in [9.17, 15) is 9.90 Å². The largest absolute Gasteiger partial charge is 0.545 e. The van der Waals surface area contributed by atoms with Crippen molar-refractivity contribution in [3.05, 3.63) is 71.4 Å². The van der Waals surface area contributed by atoms with E-state index in [1.54, 1.807) is 4.68 Å². The Kier molecular flexibility index (Phi) is 3.51. The molecule has 0 aliphatic heterocycles. The molecule has 0 aliphatic rings. The highest BCUT2D eigenvalue weighted by molar-refractivity contribution is 5.93. The van der Waals surface area contributed by atoms with Gasteiger partial charge in [-0.3, -0.25) is 0 Å². The molecular formula is C18H15N2O2-. The molecule has 22 heavy (non-hydrogen) atoms. The van der Waals surface area contributed by atoms with Crippen LogP contribution in [-0.2, 0) is 0 Å². The van der Waals surface area contributed by atoms with Crippen LogP contribution in [-0.4, -0.2) is 15.7 Å². The fourth-order valence-corrected chi connectivity index (χ4v) is 2.51. The highest BCUT2D eigenvalue weighted by Gasteiger charge is 2.14. The number of hydrogen-bond donors (Lipinski definition) is 0. The van der Waals surface area contributed by atoms with Gasteiger partial charge in [0.2, 0.25) is 0 Å². The highest BCUT2D eigenvalue weighted by atomic mass is 16.4. The van der Waals surface area contributed by atoms with Crippen molar-refractivity contribution in [2.45, 2.75) is 13.8 Å². The zero-order valence-electron chi connectivity index (χ0n) is 12.4. The smallest absolute Gasteiger partial charge is 0.102 e. The van der Waals surface area contributed by atoms with Gasteiger partial charge < -0.3 is 9.90 Å². The van der Waals surface area contributed by atoms with Crippen LogP contribution in [0, 0.1) is 13.8 Å². The molecule has 0 saturated carbocycles. The van der Waals surface area contributed by atoms with Crippen molar-refractivity contribution in [3.8, 4) is 16.9 Å². The maximum Gasteiger partial charge on any atom is 0.102 e. The standard InChI is InChI=1S/C18H16N2O2/c1-12-8-9-15(13(2)10-12)17-16(18(21)22)11-20(19-17)14-6-4-3-5-7-14/h3-11H,1-2H3,(H,21,22)/p-1. The molecule has 0 amide bonds. The second-order valence-corrected chi connectivity index (χ2v) is 5.28. The maximum atomic E-state index is 11.5. The van der Waals surface area contributed by atoms with E-state index in [0.717, 1.165) is 22.4 Å². The Morgan fingerprint density at radius 1 is 1.09 bits per heavy atom. The number of aromatic carboxylic acids is 1. The summed E-state index contributed by atoms with van der Waals surface area (Å²) in [6, 6.07) is 15.3. The fraction of sp³-hybridized carbons (Fsp3) is 0.111. The molecule has 0 radical (unpaired) electrons. The third-order valence-electron chi connectivity index (χ3n) is 3.59. The van der Waals surface area contributed by atoms with Crippen molar-refractivity contribution in [3.63, 3.8) is 0 Å². The van der Waals surface area contributed by atoms with Gasteiger partial charge in [-0.15, -0.1) is 0 Å². The molecule has 0 aliphatic carbocycles. The second kappa shape index (κ2) is 5.48. The lowest BCUT2D eigenvalue weighted by atomic mass is 10.0. The minimum atomic E-state index is -1.22. The van der Waals surface area contributed by atoms with E-state index in [1.165, 1.54) is 6.20 Å². The van der Waals surface area contributed by atoms with Gasteiger partial charge in [-0.05, 0) is 31.5 Å². The Morgan fingerprint density at radius 3 is 2.45 bits per heavy atom. The van der Waals surface area contributed by atoms with Crippen LogP contribution in [0.2, 0.25) is 0 Å². The summed E-state index contributed by atoms with van der Waals surface area (Å²) in [6.07, 6.45) is 1.50. The number of aryl methyl sites for hydroxylation is 2. The molecule has 110 valence electrons. The quantitative estimate of drug-likeness (QED) is 0.745. The molecule has 0 saturated heterocycles. The Balaban J connectivity index is 2.18. The maximum absolute atomic E-state index is 11.5. The number of para-hydroxylation sites is 1. The van der Waals surface area contributed by atoms with E-state index >= 15 is 0 Å². The lowest BCUT2D eigenvalue weighted by Crippen LogP contribution is -2.22. The molecule has 4 heteroatoms. The van der Waals surface area contributed by atoms with E-state index < -0.39 is 5.97 Å². The fourth-order valence-electron chi connectivity index (χ4n) is 2.51. The zero-order valence-corrected chi connectivity index (χ0v) is 12.4. The van der Waals surface area contributed by atoms with Crippen molar-refractivity contribution < 1.29 is 9.90 Å². The number of carbonyl (C=O) groups is 1. The third-order valence-corrected chi connectivity index (χ3v) is 3.59. The first kappa shape index (κ1) is 14.1. The summed E-state index contributed by atoms with van der Waals surface area (Å²) < 4.78 is 1.57. The molecule has 0 unspecified atom stereocenters. The van der Waals surface area contributed by atoms with Gasteiger partial charge in [0.1, 0.15) is 5.69 Å². The summed E-state index contributed by atoms with van der Waals surface area (Å²) in [5.41, 5.74) is 4.25. The van der Waals surface area contributed by atoms with Gasteiger partial charge in [0.25, 0.3) is 0 Å². The van der Waals surface area contributed by atoms with Crippen molar-refractivity contribution in [2.75, 3.05) is 0 Å². The molecule has 0 spiro atoms. The van der Waals surface area contributed by atoms with E-state index in [1.807, 2.05) is 62.4 Å². The molecule has 3 aromatic rings. The van der Waals surface area contributed by atoms with Crippen LogP contribution in [0.1, 0.15) is 21.5 Å². The number of hydrogen-bond acceptors (Lipinski definition) is 3. The van der Waals surface area contributed by atoms with Crippen LogP contribution >= 0.6 is 0 Å². The number of rotatable bonds is 3. The van der Waals surface area contributed by atoms with Gasteiger partial charge >= 0.3 is 0 Å². The molecule has 4 nitrogen and oxygen atoms in total. The van der Waals surface area contributed by atoms with Crippen LogP contribution in [0.25, 0.3) is 16.9 Å². The van der Waals surface area contributed by atoms with Crippen molar-refractivity contribution in [1.29, 1.82) is 0 Å². The number of aromatic nitrogens is 2. The van der Waals surface area contributed by atoms with E-state index in [2.05, 4.69) is 5.10 Å². The first-order valence-corrected chi connectivity index (χ1v) is 7.00. The molecule has 0 fully saturated rings. The molecule has 2 aromatic carbocycles. The minimum Gasteiger partial charge on any atom is -0.545 e. The van der Waals surface area contributed by atoms with Crippen LogP contribution < -0.4 is 5.11 Å². The summed E-state index contributed by atoms with van der Waals surface area (Å²) in [4.78, 5) is 11.5. The normalized spacial score (nSPS) is 10.6. The van der Waals surface area contributed by atoms with Crippen LogP contribution in [0.5, 0.6) is 0 Å². The molecule has 1 heterocycles. The predicted octanol–water partition coefficient (Wildman–Crippen LogP) is 2.52. The number of carboxylic acids is 1. The predicted molar refractivity (Wildman–Crippen MR) is 82.8 cm³/mol. The molecule has 1 aromatic heterocycles. The van der Waals surface area contributed by atoms with Gasteiger partial charge in [-0.2, -0.15) is 5.10 Å². The highest BCUT2D eigenvalue weighted by Crippen LogP contribution is 2.27. The van der Waals surface area contributed by atoms with Crippen LogP contribution in [0.15, 0.2) is 54.7 Å². The Labute approximate surface area is 128 Å². The average Bonchev–Trinajstić information content (AvgIpc) is 2.93. The van der Waals surface area contributed by atoms with Crippen LogP contribution in [0.4, 0.5) is 0 Å². The number of carbonyl (C=O) groups excluding carboxylic acids is 1. The summed E-state index contributed by atoms with van der Waals surface area (Å²) >= 11 is 0. The monoisotopic (exact) mass is 291 g/mol. The number of nitrogens with zero attached hydrogens (tertiary/aromatic N) is 2. The third kappa shape index (κ3) is 2.51. The van der Waals surface area contributed by atoms with Crippen LogP contribution in [0.3, 0.4) is 0 Å². The second-order valence-electron chi connectivity index (χ2n) is 5.28. The summed E-state index contributed by atoms with van der Waals surface area (Å²) in [7, 11) is 0. The first-order valence-electron chi connectivity index (χ1n) is 7.00.